The summed E-state index contributed by atoms with van der Waals surface area (Å²) in [6, 6.07) is 0.601. The molecular formula is C13H21N3O3S. The lowest BCUT2D eigenvalue weighted by Crippen LogP contribution is -2.41. The predicted octanol–water partition coefficient (Wildman–Crippen LogP) is 1.52. The first kappa shape index (κ1) is 15.2. The van der Waals surface area contributed by atoms with E-state index in [1.165, 1.54) is 11.3 Å². The number of aromatic carboxylic acids is 1. The van der Waals surface area contributed by atoms with Crippen molar-refractivity contribution in [1.29, 1.82) is 0 Å². The second-order valence-corrected chi connectivity index (χ2v) is 6.17. The fourth-order valence-corrected chi connectivity index (χ4v) is 3.41. The van der Waals surface area contributed by atoms with Crippen LogP contribution in [0.15, 0.2) is 0 Å². The van der Waals surface area contributed by atoms with Crippen molar-refractivity contribution >= 4 is 22.4 Å². The first-order chi connectivity index (χ1) is 9.52. The minimum atomic E-state index is -0.927. The smallest absolute Gasteiger partial charge is 0.347 e. The zero-order valence-electron chi connectivity index (χ0n) is 12.1. The number of nitrogens with zero attached hydrogens (tertiary/aromatic N) is 3. The van der Waals surface area contributed by atoms with E-state index in [2.05, 4.69) is 28.9 Å². The number of rotatable bonds is 5. The average molecular weight is 299 g/mol. The number of anilines is 1. The number of aromatic nitrogens is 1. The Morgan fingerprint density at radius 1 is 1.50 bits per heavy atom. The summed E-state index contributed by atoms with van der Waals surface area (Å²) in [5.41, 5.74) is 0.523. The van der Waals surface area contributed by atoms with Gasteiger partial charge in [0, 0.05) is 26.2 Å². The van der Waals surface area contributed by atoms with Crippen LogP contribution in [0.5, 0.6) is 0 Å². The second-order valence-electron chi connectivity index (χ2n) is 5.19. The van der Waals surface area contributed by atoms with Crippen LogP contribution < -0.4 is 4.90 Å². The van der Waals surface area contributed by atoms with Gasteiger partial charge in [0.05, 0.1) is 12.3 Å². The van der Waals surface area contributed by atoms with Crippen LogP contribution in [0.25, 0.3) is 0 Å². The molecule has 0 amide bonds. The fourth-order valence-electron chi connectivity index (χ4n) is 2.45. The van der Waals surface area contributed by atoms with Crippen LogP contribution in [-0.2, 0) is 11.3 Å². The summed E-state index contributed by atoms with van der Waals surface area (Å²) in [4.78, 5) is 20.4. The van der Waals surface area contributed by atoms with Gasteiger partial charge in [-0.2, -0.15) is 0 Å². The minimum absolute atomic E-state index is 0.242. The lowest BCUT2D eigenvalue weighted by atomic mass is 10.0. The SMILES string of the molecule is COCc1nc(N2CCC(N(C)C)CC2)sc1C(=O)O. The quantitative estimate of drug-likeness (QED) is 0.889. The van der Waals surface area contributed by atoms with Gasteiger partial charge in [-0.05, 0) is 26.9 Å². The fraction of sp³-hybridized carbons (Fsp3) is 0.692. The van der Waals surface area contributed by atoms with Crippen molar-refractivity contribution in [3.8, 4) is 0 Å². The molecule has 0 saturated carbocycles. The number of hydrogen-bond donors (Lipinski definition) is 1. The molecule has 2 rings (SSSR count). The van der Waals surface area contributed by atoms with Gasteiger partial charge in [0.25, 0.3) is 0 Å². The van der Waals surface area contributed by atoms with Crippen molar-refractivity contribution < 1.29 is 14.6 Å². The molecule has 1 aliphatic heterocycles. The normalized spacial score (nSPS) is 16.9. The number of carboxylic acid groups (broad SMARTS) is 1. The van der Waals surface area contributed by atoms with Crippen molar-refractivity contribution in [3.63, 3.8) is 0 Å². The highest BCUT2D eigenvalue weighted by Crippen LogP contribution is 2.29. The molecule has 1 fully saturated rings. The molecule has 1 aromatic heterocycles. The molecule has 112 valence electrons. The number of methoxy groups -OCH3 is 1. The van der Waals surface area contributed by atoms with E-state index in [0.29, 0.717) is 11.7 Å². The van der Waals surface area contributed by atoms with Crippen LogP contribution in [0.1, 0.15) is 28.2 Å². The van der Waals surface area contributed by atoms with E-state index in [1.54, 1.807) is 7.11 Å². The van der Waals surface area contributed by atoms with Crippen LogP contribution in [0.3, 0.4) is 0 Å². The third kappa shape index (κ3) is 3.28. The molecule has 1 N–H and O–H groups in total. The molecule has 7 heteroatoms. The molecule has 20 heavy (non-hydrogen) atoms. The largest absolute Gasteiger partial charge is 0.477 e. The molecule has 0 unspecified atom stereocenters. The van der Waals surface area contributed by atoms with E-state index in [-0.39, 0.29) is 11.5 Å². The highest BCUT2D eigenvalue weighted by atomic mass is 32.1. The molecule has 0 atom stereocenters. The highest BCUT2D eigenvalue weighted by Gasteiger charge is 2.25. The summed E-state index contributed by atoms with van der Waals surface area (Å²) >= 11 is 1.25. The molecule has 1 saturated heterocycles. The van der Waals surface area contributed by atoms with Crippen molar-refractivity contribution in [2.75, 3.05) is 39.2 Å². The van der Waals surface area contributed by atoms with Crippen LogP contribution >= 0.6 is 11.3 Å². The molecule has 0 bridgehead atoms. The third-order valence-corrected chi connectivity index (χ3v) is 4.77. The van der Waals surface area contributed by atoms with Crippen molar-refractivity contribution in [1.82, 2.24) is 9.88 Å². The number of ether oxygens (including phenoxy) is 1. The Balaban J connectivity index is 2.10. The number of piperidine rings is 1. The molecule has 0 aromatic carbocycles. The summed E-state index contributed by atoms with van der Waals surface area (Å²) in [5, 5.41) is 10.0. The molecule has 2 heterocycles. The molecule has 6 nitrogen and oxygen atoms in total. The molecule has 0 radical (unpaired) electrons. The molecule has 1 aromatic rings. The number of hydrogen-bond acceptors (Lipinski definition) is 6. The van der Waals surface area contributed by atoms with E-state index < -0.39 is 5.97 Å². The molecule has 0 spiro atoms. The van der Waals surface area contributed by atoms with Crippen LogP contribution in [0.4, 0.5) is 5.13 Å². The van der Waals surface area contributed by atoms with Crippen molar-refractivity contribution in [3.05, 3.63) is 10.6 Å². The Bertz CT molecular complexity index is 467. The van der Waals surface area contributed by atoms with E-state index in [9.17, 15) is 9.90 Å². The Kier molecular flexibility index (Phi) is 4.95. The van der Waals surface area contributed by atoms with Crippen LogP contribution in [0.2, 0.25) is 0 Å². The van der Waals surface area contributed by atoms with Gasteiger partial charge in [0.15, 0.2) is 5.13 Å². The van der Waals surface area contributed by atoms with Gasteiger partial charge in [-0.1, -0.05) is 11.3 Å². The summed E-state index contributed by atoms with van der Waals surface area (Å²) in [5.74, 6) is -0.927. The van der Waals surface area contributed by atoms with E-state index in [0.717, 1.165) is 31.1 Å². The maximum absolute atomic E-state index is 11.2. The Hall–Kier alpha value is -1.18. The Morgan fingerprint density at radius 2 is 2.15 bits per heavy atom. The van der Waals surface area contributed by atoms with Gasteiger partial charge in [0.2, 0.25) is 0 Å². The molecule has 0 aliphatic carbocycles. The Labute approximate surface area is 123 Å². The molecule has 1 aliphatic rings. The number of carbonyl (C=O) groups is 1. The van der Waals surface area contributed by atoms with E-state index >= 15 is 0 Å². The summed E-state index contributed by atoms with van der Waals surface area (Å²) in [6.07, 6.45) is 2.16. The number of thiazole rings is 1. The van der Waals surface area contributed by atoms with Crippen LogP contribution in [0, 0.1) is 0 Å². The highest BCUT2D eigenvalue weighted by molar-refractivity contribution is 7.17. The van der Waals surface area contributed by atoms with Crippen molar-refractivity contribution in [2.45, 2.75) is 25.5 Å². The minimum Gasteiger partial charge on any atom is -0.477 e. The molecular weight excluding hydrogens is 278 g/mol. The van der Waals surface area contributed by atoms with Gasteiger partial charge < -0.3 is 19.6 Å². The monoisotopic (exact) mass is 299 g/mol. The predicted molar refractivity (Wildman–Crippen MR) is 78.7 cm³/mol. The Morgan fingerprint density at radius 3 is 2.65 bits per heavy atom. The van der Waals surface area contributed by atoms with Gasteiger partial charge in [-0.15, -0.1) is 0 Å². The maximum Gasteiger partial charge on any atom is 0.347 e. The lowest BCUT2D eigenvalue weighted by molar-refractivity contribution is 0.0697. The van der Waals surface area contributed by atoms with Gasteiger partial charge in [-0.25, -0.2) is 9.78 Å². The summed E-state index contributed by atoms with van der Waals surface area (Å²) in [6.45, 7) is 2.08. The first-order valence-electron chi connectivity index (χ1n) is 6.66. The lowest BCUT2D eigenvalue weighted by Gasteiger charge is -2.35. The van der Waals surface area contributed by atoms with E-state index in [1.807, 2.05) is 0 Å². The van der Waals surface area contributed by atoms with Gasteiger partial charge >= 0.3 is 5.97 Å². The van der Waals surface area contributed by atoms with Crippen LogP contribution in [-0.4, -0.2) is 61.3 Å². The van der Waals surface area contributed by atoms with E-state index in [4.69, 9.17) is 4.74 Å². The maximum atomic E-state index is 11.2. The zero-order valence-corrected chi connectivity index (χ0v) is 12.9. The third-order valence-electron chi connectivity index (χ3n) is 3.63. The zero-order chi connectivity index (χ0) is 14.7. The topological polar surface area (TPSA) is 65.9 Å². The average Bonchev–Trinajstić information content (AvgIpc) is 2.83. The second kappa shape index (κ2) is 6.51. The van der Waals surface area contributed by atoms with Gasteiger partial charge in [0.1, 0.15) is 4.88 Å². The first-order valence-corrected chi connectivity index (χ1v) is 7.48. The van der Waals surface area contributed by atoms with Gasteiger partial charge in [-0.3, -0.25) is 0 Å². The number of carboxylic acids is 1. The summed E-state index contributed by atoms with van der Waals surface area (Å²) in [7, 11) is 5.75. The van der Waals surface area contributed by atoms with Crippen molar-refractivity contribution in [2.24, 2.45) is 0 Å². The summed E-state index contributed by atoms with van der Waals surface area (Å²) < 4.78 is 5.02. The standard InChI is InChI=1S/C13H21N3O3S/c1-15(2)9-4-6-16(7-5-9)13-14-10(8-19-3)11(20-13)12(17)18/h9H,4-8H2,1-3H3,(H,17,18).